The molecule has 0 aromatic carbocycles. The summed E-state index contributed by atoms with van der Waals surface area (Å²) in [6.45, 7) is 20.1. The molecule has 1 aliphatic carbocycles. The summed E-state index contributed by atoms with van der Waals surface area (Å²) in [5.41, 5.74) is 4.74. The molecular formula is C29H42N8O2Si. The normalized spacial score (nSPS) is 17.5. The van der Waals surface area contributed by atoms with Crippen LogP contribution in [0.15, 0.2) is 12.5 Å². The van der Waals surface area contributed by atoms with Gasteiger partial charge in [-0.3, -0.25) is 0 Å². The van der Waals surface area contributed by atoms with E-state index in [0.717, 1.165) is 77.1 Å². The molecular weight excluding hydrogens is 520 g/mol. The molecule has 1 aliphatic heterocycles. The lowest BCUT2D eigenvalue weighted by atomic mass is 10.1. The maximum atomic E-state index is 6.17. The minimum absolute atomic E-state index is 0.168. The molecule has 0 amide bonds. The van der Waals surface area contributed by atoms with Crippen LogP contribution in [-0.4, -0.2) is 60.9 Å². The first kappa shape index (κ1) is 27.3. The van der Waals surface area contributed by atoms with Crippen molar-refractivity contribution in [3.63, 3.8) is 0 Å². The van der Waals surface area contributed by atoms with Gasteiger partial charge in [-0.25, -0.2) is 24.9 Å². The van der Waals surface area contributed by atoms with Crippen molar-refractivity contribution in [3.8, 4) is 11.4 Å². The number of nitrogens with one attached hydrogen (secondary N) is 1. The fraction of sp³-hybridized carbons (Fsp3) is 0.621. The van der Waals surface area contributed by atoms with E-state index in [1.165, 1.54) is 0 Å². The third-order valence-electron chi connectivity index (χ3n) is 7.50. The Morgan fingerprint density at radius 1 is 1.10 bits per heavy atom. The summed E-state index contributed by atoms with van der Waals surface area (Å²) >= 11 is 0. The summed E-state index contributed by atoms with van der Waals surface area (Å²) in [5.74, 6) is 2.72. The standard InChI is InChI=1S/C29H42N8O2Si/c1-28(2,3)35-25-22-23(36(16-31-22)17-38-13-14-40(6,7)8)19(15-30-25)24-32-20(18-9-10-18)21-26(34-24)37-11-12-39-29(4,5)27(37)33-21/h15-16,18H,9-14,17H2,1-8H3,(H,30,35). The molecule has 1 saturated carbocycles. The van der Waals surface area contributed by atoms with Gasteiger partial charge < -0.3 is 23.9 Å². The Balaban J connectivity index is 1.50. The molecule has 4 aromatic rings. The van der Waals surface area contributed by atoms with E-state index in [0.29, 0.717) is 25.1 Å². The Kier molecular flexibility index (Phi) is 6.54. The van der Waals surface area contributed by atoms with Crippen LogP contribution >= 0.6 is 0 Å². The fourth-order valence-corrected chi connectivity index (χ4v) is 6.01. The van der Waals surface area contributed by atoms with Crippen LogP contribution < -0.4 is 5.32 Å². The fourth-order valence-electron chi connectivity index (χ4n) is 5.25. The maximum Gasteiger partial charge on any atom is 0.165 e. The van der Waals surface area contributed by atoms with Gasteiger partial charge in [0.1, 0.15) is 29.2 Å². The number of rotatable bonds is 8. The molecule has 4 aromatic heterocycles. The lowest BCUT2D eigenvalue weighted by Crippen LogP contribution is -2.33. The van der Waals surface area contributed by atoms with E-state index in [1.807, 2.05) is 12.5 Å². The van der Waals surface area contributed by atoms with Crippen molar-refractivity contribution in [1.82, 2.24) is 34.1 Å². The highest BCUT2D eigenvalue weighted by Gasteiger charge is 2.36. The topological polar surface area (TPSA) is 105 Å². The Bertz CT molecular complexity index is 1570. The number of imidazole rings is 2. The van der Waals surface area contributed by atoms with Crippen molar-refractivity contribution in [2.45, 2.75) is 103 Å². The van der Waals surface area contributed by atoms with Crippen LogP contribution in [-0.2, 0) is 28.4 Å². The third-order valence-corrected chi connectivity index (χ3v) is 9.21. The van der Waals surface area contributed by atoms with Crippen LogP contribution in [0.5, 0.6) is 0 Å². The zero-order valence-electron chi connectivity index (χ0n) is 25.1. The zero-order valence-corrected chi connectivity index (χ0v) is 26.1. The van der Waals surface area contributed by atoms with Crippen LogP contribution in [0, 0.1) is 0 Å². The molecule has 0 radical (unpaired) electrons. The first-order valence-corrected chi connectivity index (χ1v) is 18.1. The van der Waals surface area contributed by atoms with Crippen LogP contribution in [0.4, 0.5) is 5.82 Å². The average Bonchev–Trinajstić information content (AvgIpc) is 3.49. The monoisotopic (exact) mass is 562 g/mol. The summed E-state index contributed by atoms with van der Waals surface area (Å²) in [6.07, 6.45) is 5.98. The first-order valence-electron chi connectivity index (χ1n) is 14.4. The number of pyridine rings is 1. The highest BCUT2D eigenvalue weighted by atomic mass is 28.3. The molecule has 6 rings (SSSR count). The first-order chi connectivity index (χ1) is 18.8. The van der Waals surface area contributed by atoms with Gasteiger partial charge in [-0.05, 0) is 53.5 Å². The molecule has 5 heterocycles. The summed E-state index contributed by atoms with van der Waals surface area (Å²) in [4.78, 5) is 25.0. The van der Waals surface area contributed by atoms with Crippen LogP contribution in [0.25, 0.3) is 33.6 Å². The summed E-state index contributed by atoms with van der Waals surface area (Å²) in [6, 6.07) is 1.11. The second-order valence-corrected chi connectivity index (χ2v) is 19.6. The Morgan fingerprint density at radius 2 is 1.88 bits per heavy atom. The van der Waals surface area contributed by atoms with E-state index >= 15 is 0 Å². The summed E-state index contributed by atoms with van der Waals surface area (Å²) < 4.78 is 16.5. The second kappa shape index (κ2) is 9.59. The predicted molar refractivity (Wildman–Crippen MR) is 160 cm³/mol. The van der Waals surface area contributed by atoms with Crippen LogP contribution in [0.1, 0.15) is 64.9 Å². The van der Waals surface area contributed by atoms with Gasteiger partial charge in [-0.1, -0.05) is 19.6 Å². The number of hydrogen-bond donors (Lipinski definition) is 1. The number of hydrogen-bond acceptors (Lipinski definition) is 8. The molecule has 1 fully saturated rings. The molecule has 1 N–H and O–H groups in total. The van der Waals surface area contributed by atoms with E-state index in [1.54, 1.807) is 0 Å². The number of ether oxygens (including phenoxy) is 2. The Morgan fingerprint density at radius 3 is 2.58 bits per heavy atom. The molecule has 0 atom stereocenters. The summed E-state index contributed by atoms with van der Waals surface area (Å²) in [5, 5.41) is 3.53. The van der Waals surface area contributed by atoms with Gasteiger partial charge in [0.15, 0.2) is 17.3 Å². The van der Waals surface area contributed by atoms with E-state index in [2.05, 4.69) is 68.7 Å². The Labute approximate surface area is 237 Å². The van der Waals surface area contributed by atoms with Gasteiger partial charge in [-0.2, -0.15) is 0 Å². The molecule has 0 bridgehead atoms. The third kappa shape index (κ3) is 5.26. The van der Waals surface area contributed by atoms with Crippen LogP contribution in [0.3, 0.4) is 0 Å². The lowest BCUT2D eigenvalue weighted by molar-refractivity contribution is -0.0530. The van der Waals surface area contributed by atoms with Crippen molar-refractivity contribution in [1.29, 1.82) is 0 Å². The van der Waals surface area contributed by atoms with Gasteiger partial charge in [0.05, 0.1) is 29.7 Å². The van der Waals surface area contributed by atoms with E-state index in [-0.39, 0.29) is 5.54 Å². The van der Waals surface area contributed by atoms with Gasteiger partial charge in [0.25, 0.3) is 0 Å². The predicted octanol–water partition coefficient (Wildman–Crippen LogP) is 5.90. The van der Waals surface area contributed by atoms with Crippen molar-refractivity contribution >= 4 is 36.1 Å². The maximum absolute atomic E-state index is 6.17. The highest BCUT2D eigenvalue weighted by Crippen LogP contribution is 2.44. The highest BCUT2D eigenvalue weighted by molar-refractivity contribution is 6.76. The molecule has 10 nitrogen and oxygen atoms in total. The molecule has 0 spiro atoms. The van der Waals surface area contributed by atoms with Crippen molar-refractivity contribution < 1.29 is 9.47 Å². The average molecular weight is 563 g/mol. The quantitative estimate of drug-likeness (QED) is 0.209. The largest absolute Gasteiger partial charge is 0.366 e. The lowest BCUT2D eigenvalue weighted by Gasteiger charge is -2.30. The van der Waals surface area contributed by atoms with E-state index in [4.69, 9.17) is 34.4 Å². The molecule has 0 saturated heterocycles. The van der Waals surface area contributed by atoms with Crippen LogP contribution in [0.2, 0.25) is 25.7 Å². The minimum Gasteiger partial charge on any atom is -0.366 e. The van der Waals surface area contributed by atoms with E-state index in [9.17, 15) is 0 Å². The van der Waals surface area contributed by atoms with Crippen molar-refractivity contribution in [2.75, 3.05) is 18.5 Å². The van der Waals surface area contributed by atoms with Gasteiger partial charge in [0, 0.05) is 38.9 Å². The number of anilines is 1. The molecule has 40 heavy (non-hydrogen) atoms. The summed E-state index contributed by atoms with van der Waals surface area (Å²) in [7, 11) is -1.19. The SMILES string of the molecule is CC(C)(C)Nc1ncc(-c2nc(C3CC3)c3nc4n(c3n2)CCOC4(C)C)c2c1ncn2COCC[Si](C)(C)C. The Hall–Kier alpha value is -2.89. The second-order valence-electron chi connectivity index (χ2n) is 14.0. The van der Waals surface area contributed by atoms with Crippen molar-refractivity contribution in [3.05, 3.63) is 24.0 Å². The molecule has 11 heteroatoms. The smallest absolute Gasteiger partial charge is 0.165 e. The van der Waals surface area contributed by atoms with Gasteiger partial charge in [-0.15, -0.1) is 0 Å². The zero-order chi connectivity index (χ0) is 28.4. The molecule has 214 valence electrons. The van der Waals surface area contributed by atoms with Crippen molar-refractivity contribution in [2.24, 2.45) is 0 Å². The van der Waals surface area contributed by atoms with E-state index < -0.39 is 13.7 Å². The minimum atomic E-state index is -1.19. The molecule has 0 unspecified atom stereocenters. The van der Waals surface area contributed by atoms with Gasteiger partial charge >= 0.3 is 0 Å². The van der Waals surface area contributed by atoms with Gasteiger partial charge in [0.2, 0.25) is 0 Å². The number of fused-ring (bicyclic) bond motifs is 4. The number of nitrogens with zero attached hydrogens (tertiary/aromatic N) is 7. The number of aromatic nitrogens is 7. The molecule has 2 aliphatic rings.